The molecule has 0 radical (unpaired) electrons. The molecule has 144 valence electrons. The number of fused-ring (bicyclic) bond motifs is 3. The van der Waals surface area contributed by atoms with Crippen LogP contribution in [-0.4, -0.2) is 39.9 Å². The van der Waals surface area contributed by atoms with Crippen molar-refractivity contribution in [1.82, 2.24) is 4.90 Å². The highest BCUT2D eigenvalue weighted by Gasteiger charge is 2.52. The smallest absolute Gasteiger partial charge is 0.329 e. The minimum absolute atomic E-state index is 0.309. The number of nitrogens with zero attached hydrogens (tertiary/aromatic N) is 1. The van der Waals surface area contributed by atoms with Gasteiger partial charge in [0.2, 0.25) is 0 Å². The molecule has 3 rings (SSSR count). The molecular weight excluding hydrogens is 346 g/mol. The van der Waals surface area contributed by atoms with Gasteiger partial charge in [0.15, 0.2) is 0 Å². The Kier molecular flexibility index (Phi) is 4.86. The Hall–Kier alpha value is -2.60. The van der Waals surface area contributed by atoms with Crippen LogP contribution in [0.4, 0.5) is 0 Å². The number of aliphatic hydroxyl groups is 1. The highest BCUT2D eigenvalue weighted by molar-refractivity contribution is 6.06. The van der Waals surface area contributed by atoms with Crippen molar-refractivity contribution >= 4 is 22.6 Å². The zero-order valence-corrected chi connectivity index (χ0v) is 16.2. The minimum Gasteiger partial charge on any atom is -0.461 e. The number of carbonyl (C=O) groups is 2. The van der Waals surface area contributed by atoms with Gasteiger partial charge in [0, 0.05) is 11.3 Å². The number of hydrogen-bond acceptors (Lipinski definition) is 5. The highest BCUT2D eigenvalue weighted by Crippen LogP contribution is 2.41. The van der Waals surface area contributed by atoms with Crippen molar-refractivity contribution in [3.8, 4) is 5.75 Å². The average molecular weight is 371 g/mol. The fraction of sp³-hybridized carbons (Fsp3) is 0.429. The van der Waals surface area contributed by atoms with E-state index < -0.39 is 29.7 Å². The number of rotatable bonds is 4. The molecule has 6 heteroatoms. The number of benzene rings is 2. The van der Waals surface area contributed by atoms with Crippen LogP contribution >= 0.6 is 0 Å². The van der Waals surface area contributed by atoms with Crippen LogP contribution in [0.1, 0.15) is 45.0 Å². The normalized spacial score (nSPS) is 20.6. The van der Waals surface area contributed by atoms with Gasteiger partial charge < -0.3 is 14.6 Å². The molecule has 1 N–H and O–H groups in total. The molecule has 0 saturated carbocycles. The lowest BCUT2D eigenvalue weighted by Gasteiger charge is -2.47. The summed E-state index contributed by atoms with van der Waals surface area (Å²) >= 11 is 0. The number of esters is 1. The van der Waals surface area contributed by atoms with Gasteiger partial charge in [-0.2, -0.15) is 0 Å². The van der Waals surface area contributed by atoms with E-state index in [-0.39, 0.29) is 6.10 Å². The van der Waals surface area contributed by atoms with E-state index in [4.69, 9.17) is 9.47 Å². The predicted octanol–water partition coefficient (Wildman–Crippen LogP) is 3.32. The fourth-order valence-electron chi connectivity index (χ4n) is 3.28. The molecule has 0 bridgehead atoms. The minimum atomic E-state index is -1.97. The molecule has 0 fully saturated rings. The van der Waals surface area contributed by atoms with Gasteiger partial charge in [-0.3, -0.25) is 9.69 Å². The van der Waals surface area contributed by atoms with E-state index in [1.165, 1.54) is 6.92 Å². The maximum absolute atomic E-state index is 13.3. The first-order chi connectivity index (χ1) is 12.7. The molecule has 1 amide bonds. The summed E-state index contributed by atoms with van der Waals surface area (Å²) in [4.78, 5) is 26.8. The third-order valence-electron chi connectivity index (χ3n) is 4.76. The van der Waals surface area contributed by atoms with Crippen LogP contribution in [0.15, 0.2) is 36.4 Å². The Balaban J connectivity index is 2.14. The zero-order valence-electron chi connectivity index (χ0n) is 16.2. The maximum atomic E-state index is 13.3. The first kappa shape index (κ1) is 19.2. The van der Waals surface area contributed by atoms with Crippen LogP contribution in [0.2, 0.25) is 0 Å². The van der Waals surface area contributed by atoms with E-state index in [2.05, 4.69) is 0 Å². The first-order valence-electron chi connectivity index (χ1n) is 9.14. The molecule has 2 unspecified atom stereocenters. The number of carbonyl (C=O) groups excluding carboxylic acids is 2. The predicted molar refractivity (Wildman–Crippen MR) is 101 cm³/mol. The lowest BCUT2D eigenvalue weighted by molar-refractivity contribution is -0.266. The monoisotopic (exact) mass is 371 g/mol. The Bertz CT molecular complexity index is 891. The van der Waals surface area contributed by atoms with Crippen molar-refractivity contribution in [3.63, 3.8) is 0 Å². The zero-order chi connectivity index (χ0) is 19.9. The number of hydrogen-bond donors (Lipinski definition) is 1. The molecule has 0 saturated heterocycles. The third kappa shape index (κ3) is 3.14. The standard InChI is InChI=1S/C21H25NO5/c1-12(2)21(25)22(14(5)20(24)26-13(3)4)19(23)17-11-10-15-8-6-7-9-16(15)18(17)27-21/h6-14,25H,1-5H3. The van der Waals surface area contributed by atoms with Gasteiger partial charge in [0.05, 0.1) is 11.7 Å². The third-order valence-corrected chi connectivity index (χ3v) is 4.76. The van der Waals surface area contributed by atoms with Gasteiger partial charge >= 0.3 is 5.97 Å². The Morgan fingerprint density at radius 2 is 1.78 bits per heavy atom. The van der Waals surface area contributed by atoms with Gasteiger partial charge in [0.25, 0.3) is 11.8 Å². The quantitative estimate of drug-likeness (QED) is 0.835. The SMILES string of the molecule is CC(C)OC(=O)C(C)N1C(=O)c2ccc3ccccc3c2OC1(O)C(C)C. The molecule has 0 spiro atoms. The Labute approximate surface area is 158 Å². The summed E-state index contributed by atoms with van der Waals surface area (Å²) < 4.78 is 11.3. The van der Waals surface area contributed by atoms with Gasteiger partial charge in [0.1, 0.15) is 11.8 Å². The lowest BCUT2D eigenvalue weighted by atomic mass is 9.98. The molecule has 1 aliphatic rings. The van der Waals surface area contributed by atoms with E-state index in [1.54, 1.807) is 33.8 Å². The molecule has 27 heavy (non-hydrogen) atoms. The molecule has 2 atom stereocenters. The van der Waals surface area contributed by atoms with Crippen LogP contribution in [0.25, 0.3) is 10.8 Å². The molecule has 2 aromatic rings. The Morgan fingerprint density at radius 1 is 1.11 bits per heavy atom. The second-order valence-electron chi connectivity index (χ2n) is 7.42. The summed E-state index contributed by atoms with van der Waals surface area (Å²) in [6.45, 7) is 8.46. The largest absolute Gasteiger partial charge is 0.461 e. The molecular formula is C21H25NO5. The van der Waals surface area contributed by atoms with E-state index in [0.717, 1.165) is 15.7 Å². The van der Waals surface area contributed by atoms with Gasteiger partial charge in [-0.25, -0.2) is 4.79 Å². The molecule has 1 aliphatic heterocycles. The van der Waals surface area contributed by atoms with Crippen molar-refractivity contribution in [1.29, 1.82) is 0 Å². The van der Waals surface area contributed by atoms with Crippen LogP contribution in [0, 0.1) is 5.92 Å². The van der Waals surface area contributed by atoms with Crippen molar-refractivity contribution in [2.75, 3.05) is 0 Å². The van der Waals surface area contributed by atoms with Crippen molar-refractivity contribution in [3.05, 3.63) is 42.0 Å². The summed E-state index contributed by atoms with van der Waals surface area (Å²) in [5, 5.41) is 12.9. The topological polar surface area (TPSA) is 76.1 Å². The average Bonchev–Trinajstić information content (AvgIpc) is 2.60. The van der Waals surface area contributed by atoms with Gasteiger partial charge in [-0.15, -0.1) is 0 Å². The highest BCUT2D eigenvalue weighted by atomic mass is 16.7. The van der Waals surface area contributed by atoms with E-state index in [0.29, 0.717) is 11.3 Å². The second-order valence-corrected chi connectivity index (χ2v) is 7.42. The lowest BCUT2D eigenvalue weighted by Crippen LogP contribution is -2.66. The van der Waals surface area contributed by atoms with Gasteiger partial charge in [-0.05, 0) is 32.2 Å². The summed E-state index contributed by atoms with van der Waals surface area (Å²) in [7, 11) is 0. The van der Waals surface area contributed by atoms with Crippen molar-refractivity contribution in [2.24, 2.45) is 5.92 Å². The van der Waals surface area contributed by atoms with Crippen molar-refractivity contribution in [2.45, 2.75) is 52.7 Å². The molecule has 2 aromatic carbocycles. The summed E-state index contributed by atoms with van der Waals surface area (Å²) in [5.74, 6) is -3.18. The summed E-state index contributed by atoms with van der Waals surface area (Å²) in [5.41, 5.74) is 0.309. The number of ether oxygens (including phenoxy) is 2. The fourth-order valence-corrected chi connectivity index (χ4v) is 3.28. The maximum Gasteiger partial charge on any atom is 0.329 e. The number of amides is 1. The second kappa shape index (κ2) is 6.85. The van der Waals surface area contributed by atoms with Crippen LogP contribution in [0.5, 0.6) is 5.75 Å². The molecule has 0 aliphatic carbocycles. The van der Waals surface area contributed by atoms with Crippen LogP contribution in [-0.2, 0) is 9.53 Å². The van der Waals surface area contributed by atoms with Crippen LogP contribution < -0.4 is 4.74 Å². The molecule has 1 heterocycles. The summed E-state index contributed by atoms with van der Waals surface area (Å²) in [6, 6.07) is 9.97. The molecule has 6 nitrogen and oxygen atoms in total. The van der Waals surface area contributed by atoms with E-state index in [1.807, 2.05) is 30.3 Å². The van der Waals surface area contributed by atoms with Crippen LogP contribution in [0.3, 0.4) is 0 Å². The van der Waals surface area contributed by atoms with Crippen molar-refractivity contribution < 1.29 is 24.2 Å². The van der Waals surface area contributed by atoms with E-state index >= 15 is 0 Å². The first-order valence-corrected chi connectivity index (χ1v) is 9.14. The summed E-state index contributed by atoms with van der Waals surface area (Å²) in [6.07, 6.45) is -0.330. The van der Waals surface area contributed by atoms with E-state index in [9.17, 15) is 14.7 Å². The molecule has 0 aromatic heterocycles. The van der Waals surface area contributed by atoms with Gasteiger partial charge in [-0.1, -0.05) is 44.2 Å². The Morgan fingerprint density at radius 3 is 2.41 bits per heavy atom.